The zero-order chi connectivity index (χ0) is 28.6. The SMILES string of the molecule is O=C(NCC(=S)N(C(=O)O)C(=O)c1ccccc1)c1ccc(N2C(=O)c3c(Br)c(Br)c(Br)c(Br)c3C2=O)cc1. The molecule has 0 fully saturated rings. The Morgan fingerprint density at radius 3 is 1.79 bits per heavy atom. The molecule has 1 heterocycles. The Morgan fingerprint density at radius 2 is 1.31 bits per heavy atom. The summed E-state index contributed by atoms with van der Waals surface area (Å²) in [5, 5.41) is 12.0. The number of hydrogen-bond donors (Lipinski definition) is 2. The molecular formula is C25H13Br4N3O6S. The molecular weight excluding hydrogens is 790 g/mol. The van der Waals surface area contributed by atoms with E-state index in [4.69, 9.17) is 12.2 Å². The van der Waals surface area contributed by atoms with Crippen LogP contribution in [0.3, 0.4) is 0 Å². The molecule has 2 N–H and O–H groups in total. The van der Waals surface area contributed by atoms with E-state index in [9.17, 15) is 29.1 Å². The lowest BCUT2D eigenvalue weighted by Crippen LogP contribution is -2.45. The zero-order valence-corrected chi connectivity index (χ0v) is 26.4. The second-order valence-electron chi connectivity index (χ2n) is 7.86. The molecule has 1 aliphatic heterocycles. The number of carboxylic acid groups (broad SMARTS) is 1. The van der Waals surface area contributed by atoms with Crippen molar-refractivity contribution in [1.82, 2.24) is 10.2 Å². The fourth-order valence-corrected chi connectivity index (χ4v) is 6.39. The first kappa shape index (κ1) is 29.2. The van der Waals surface area contributed by atoms with Gasteiger partial charge in [0.2, 0.25) is 0 Å². The molecule has 0 spiro atoms. The van der Waals surface area contributed by atoms with Crippen LogP contribution in [0.2, 0.25) is 0 Å². The molecule has 0 radical (unpaired) electrons. The number of carbonyl (C=O) groups excluding carboxylic acids is 4. The summed E-state index contributed by atoms with van der Waals surface area (Å²) in [5.74, 6) is -2.54. The standard InChI is InChI=1S/C25H13Br4N3O6S/c26-17-15-16(18(27)20(29)19(17)28)24(36)31(23(15)35)13-8-6-11(7-9-13)21(33)30-10-14(39)32(25(37)38)22(34)12-4-2-1-3-5-12/h1-9H,10H2,(H,30,33)(H,37,38). The van der Waals surface area contributed by atoms with Gasteiger partial charge in [-0.25, -0.2) is 14.6 Å². The van der Waals surface area contributed by atoms with Crippen LogP contribution in [0.1, 0.15) is 41.4 Å². The molecule has 1 aliphatic rings. The van der Waals surface area contributed by atoms with Crippen LogP contribution in [0.5, 0.6) is 0 Å². The van der Waals surface area contributed by atoms with Crippen LogP contribution >= 0.6 is 75.9 Å². The number of nitrogens with zero attached hydrogens (tertiary/aromatic N) is 2. The van der Waals surface area contributed by atoms with Gasteiger partial charge in [0.15, 0.2) is 0 Å². The quantitative estimate of drug-likeness (QED) is 0.132. The minimum absolute atomic E-state index is 0.121. The van der Waals surface area contributed by atoms with Gasteiger partial charge in [-0.15, -0.1) is 0 Å². The summed E-state index contributed by atoms with van der Waals surface area (Å²) >= 11 is 18.6. The number of thiocarbonyl (C=S) groups is 1. The Kier molecular flexibility index (Phi) is 8.81. The van der Waals surface area contributed by atoms with Crippen LogP contribution in [0.4, 0.5) is 10.5 Å². The third-order valence-corrected chi connectivity index (χ3v) is 10.6. The second kappa shape index (κ2) is 11.8. The molecule has 14 heteroatoms. The first-order valence-electron chi connectivity index (χ1n) is 10.7. The van der Waals surface area contributed by atoms with Crippen LogP contribution < -0.4 is 10.2 Å². The van der Waals surface area contributed by atoms with Crippen molar-refractivity contribution in [2.45, 2.75) is 0 Å². The largest absolute Gasteiger partial charge is 0.464 e. The van der Waals surface area contributed by atoms with Gasteiger partial charge in [-0.3, -0.25) is 19.2 Å². The van der Waals surface area contributed by atoms with Gasteiger partial charge in [0, 0.05) is 29.0 Å². The highest BCUT2D eigenvalue weighted by atomic mass is 79.9. The van der Waals surface area contributed by atoms with E-state index in [1.54, 1.807) is 18.2 Å². The van der Waals surface area contributed by atoms with Crippen LogP contribution in [0.15, 0.2) is 72.5 Å². The van der Waals surface area contributed by atoms with Gasteiger partial charge in [0.1, 0.15) is 4.99 Å². The Balaban J connectivity index is 1.48. The predicted octanol–water partition coefficient (Wildman–Crippen LogP) is 6.41. The molecule has 0 aromatic heterocycles. The Bertz CT molecular complexity index is 1530. The van der Waals surface area contributed by atoms with Gasteiger partial charge in [-0.1, -0.05) is 30.4 Å². The third-order valence-electron chi connectivity index (χ3n) is 5.55. The molecule has 0 unspecified atom stereocenters. The maximum Gasteiger partial charge on any atom is 0.419 e. The van der Waals surface area contributed by atoms with Gasteiger partial charge < -0.3 is 10.4 Å². The summed E-state index contributed by atoms with van der Waals surface area (Å²) in [7, 11) is 0. The van der Waals surface area contributed by atoms with Gasteiger partial charge in [-0.05, 0) is 100 Å². The average molecular weight is 803 g/mol. The number of imide groups is 2. The highest BCUT2D eigenvalue weighted by Crippen LogP contribution is 2.46. The summed E-state index contributed by atoms with van der Waals surface area (Å²) in [5.41, 5.74) is 0.888. The molecule has 3 aromatic carbocycles. The third kappa shape index (κ3) is 5.48. The summed E-state index contributed by atoms with van der Waals surface area (Å²) in [4.78, 5) is 64.4. The molecule has 3 aromatic rings. The van der Waals surface area contributed by atoms with Gasteiger partial charge in [0.25, 0.3) is 23.6 Å². The molecule has 4 rings (SSSR count). The summed E-state index contributed by atoms with van der Waals surface area (Å²) in [6, 6.07) is 13.4. The normalized spacial score (nSPS) is 12.3. The van der Waals surface area contributed by atoms with E-state index in [0.717, 1.165) is 4.90 Å². The average Bonchev–Trinajstić information content (AvgIpc) is 3.19. The summed E-state index contributed by atoms with van der Waals surface area (Å²) < 4.78 is 1.96. The van der Waals surface area contributed by atoms with E-state index >= 15 is 0 Å². The van der Waals surface area contributed by atoms with Gasteiger partial charge >= 0.3 is 6.09 Å². The van der Waals surface area contributed by atoms with E-state index in [-0.39, 0.29) is 32.9 Å². The predicted molar refractivity (Wildman–Crippen MR) is 160 cm³/mol. The van der Waals surface area contributed by atoms with E-state index in [1.165, 1.54) is 36.4 Å². The Morgan fingerprint density at radius 1 is 0.795 bits per heavy atom. The highest BCUT2D eigenvalue weighted by molar-refractivity contribution is 9.15. The lowest BCUT2D eigenvalue weighted by molar-refractivity contribution is 0.0829. The van der Waals surface area contributed by atoms with Crippen LogP contribution in [-0.4, -0.2) is 51.3 Å². The topological polar surface area (TPSA) is 124 Å². The fourth-order valence-electron chi connectivity index (χ4n) is 3.70. The fraction of sp³-hybridized carbons (Fsp3) is 0.0400. The van der Waals surface area contributed by atoms with Crippen molar-refractivity contribution in [2.24, 2.45) is 0 Å². The number of amides is 5. The number of anilines is 1. The van der Waals surface area contributed by atoms with Crippen molar-refractivity contribution < 1.29 is 29.1 Å². The van der Waals surface area contributed by atoms with Crippen molar-refractivity contribution in [3.63, 3.8) is 0 Å². The van der Waals surface area contributed by atoms with Crippen LogP contribution in [-0.2, 0) is 0 Å². The van der Waals surface area contributed by atoms with Crippen molar-refractivity contribution in [3.05, 3.63) is 94.7 Å². The smallest absolute Gasteiger partial charge is 0.419 e. The first-order chi connectivity index (χ1) is 18.5. The van der Waals surface area contributed by atoms with Crippen LogP contribution in [0.25, 0.3) is 0 Å². The van der Waals surface area contributed by atoms with E-state index in [1.807, 2.05) is 0 Å². The number of rotatable bonds is 5. The van der Waals surface area contributed by atoms with E-state index in [2.05, 4.69) is 69.0 Å². The molecule has 198 valence electrons. The number of fused-ring (bicyclic) bond motifs is 1. The van der Waals surface area contributed by atoms with Crippen molar-refractivity contribution in [3.8, 4) is 0 Å². The lowest BCUT2D eigenvalue weighted by atomic mass is 10.1. The van der Waals surface area contributed by atoms with Crippen LogP contribution in [0, 0.1) is 0 Å². The van der Waals surface area contributed by atoms with E-state index in [0.29, 0.717) is 22.8 Å². The Hall–Kier alpha value is -2.78. The van der Waals surface area contributed by atoms with Gasteiger partial charge in [0.05, 0.1) is 23.4 Å². The van der Waals surface area contributed by atoms with Crippen molar-refractivity contribution in [1.29, 1.82) is 0 Å². The second-order valence-corrected chi connectivity index (χ2v) is 11.5. The van der Waals surface area contributed by atoms with E-state index < -0.39 is 36.3 Å². The number of benzene rings is 3. The highest BCUT2D eigenvalue weighted by Gasteiger charge is 2.41. The molecule has 0 saturated carbocycles. The molecule has 5 amide bonds. The number of halogens is 4. The zero-order valence-electron chi connectivity index (χ0n) is 19.2. The Labute approximate surface area is 260 Å². The molecule has 39 heavy (non-hydrogen) atoms. The number of carbonyl (C=O) groups is 5. The van der Waals surface area contributed by atoms with Crippen molar-refractivity contribution in [2.75, 3.05) is 11.4 Å². The maximum atomic E-state index is 13.2. The molecule has 9 nitrogen and oxygen atoms in total. The van der Waals surface area contributed by atoms with Crippen molar-refractivity contribution >= 4 is 116 Å². The first-order valence-corrected chi connectivity index (χ1v) is 14.3. The molecule has 0 saturated heterocycles. The molecule has 0 bridgehead atoms. The van der Waals surface area contributed by atoms with Gasteiger partial charge in [-0.2, -0.15) is 0 Å². The minimum atomic E-state index is -1.58. The molecule has 0 atom stereocenters. The summed E-state index contributed by atoms with van der Waals surface area (Å²) in [6.45, 7) is -0.398. The number of nitrogens with one attached hydrogen (secondary N) is 1. The minimum Gasteiger partial charge on any atom is -0.464 e. The monoisotopic (exact) mass is 799 g/mol. The lowest BCUT2D eigenvalue weighted by Gasteiger charge is -2.19. The number of hydrogen-bond acceptors (Lipinski definition) is 6. The summed E-state index contributed by atoms with van der Waals surface area (Å²) in [6.07, 6.45) is -1.58. The molecule has 0 aliphatic carbocycles. The maximum absolute atomic E-state index is 13.2.